The van der Waals surface area contributed by atoms with Crippen LogP contribution in [0.1, 0.15) is 38.2 Å². The van der Waals surface area contributed by atoms with Crippen LogP contribution in [0.2, 0.25) is 0 Å². The summed E-state index contributed by atoms with van der Waals surface area (Å²) in [6.07, 6.45) is 0. The van der Waals surface area contributed by atoms with Crippen molar-refractivity contribution in [1.82, 2.24) is 4.90 Å². The molecule has 0 unspecified atom stereocenters. The first-order chi connectivity index (χ1) is 11.8. The average Bonchev–Trinajstić information content (AvgIpc) is 3.08. The van der Waals surface area contributed by atoms with E-state index in [1.807, 2.05) is 0 Å². The molecule has 0 aliphatic carbocycles. The number of benzene rings is 1. The van der Waals surface area contributed by atoms with Crippen LogP contribution in [0.4, 0.5) is 4.39 Å². The van der Waals surface area contributed by atoms with Crippen molar-refractivity contribution in [3.05, 3.63) is 48.0 Å². The van der Waals surface area contributed by atoms with Gasteiger partial charge < -0.3 is 14.1 Å². The molecule has 1 aromatic carbocycles. The molecule has 4 nitrogen and oxygen atoms in total. The number of furan rings is 1. The average molecular weight is 384 g/mol. The lowest BCUT2D eigenvalue weighted by atomic mass is 9.94. The van der Waals surface area contributed by atoms with Crippen LogP contribution in [0.25, 0.3) is 11.3 Å². The van der Waals surface area contributed by atoms with Gasteiger partial charge in [-0.05, 0) is 49.5 Å². The molecule has 6 heteroatoms. The molecule has 0 saturated heterocycles. The summed E-state index contributed by atoms with van der Waals surface area (Å²) < 4.78 is 24.0. The number of hydrogen-bond acceptors (Lipinski definition) is 4. The molecular weight excluding hydrogens is 357 g/mol. The van der Waals surface area contributed by atoms with Gasteiger partial charge >= 0.3 is 5.97 Å². The van der Waals surface area contributed by atoms with Crippen LogP contribution in [-0.2, 0) is 4.74 Å². The van der Waals surface area contributed by atoms with Crippen LogP contribution in [0.3, 0.4) is 0 Å². The van der Waals surface area contributed by atoms with Gasteiger partial charge in [0.2, 0.25) is 5.76 Å². The van der Waals surface area contributed by atoms with Crippen LogP contribution in [-0.4, -0.2) is 37.1 Å². The van der Waals surface area contributed by atoms with Gasteiger partial charge in [-0.2, -0.15) is 0 Å². The molecule has 0 fully saturated rings. The third kappa shape index (κ3) is 6.15. The maximum atomic E-state index is 13.0. The standard InChI is InChI=1S/C20H26FNO3.ClH/c1-5-22(6-2)13-20(3,4)14-24-19(23)18-12-11-17(25-18)15-7-9-16(21)10-8-15;/h7-12H,5-6,13-14H2,1-4H3;1H. The molecule has 2 aromatic rings. The smallest absolute Gasteiger partial charge is 0.374 e. The third-order valence-electron chi connectivity index (χ3n) is 4.08. The number of carbonyl (C=O) groups is 1. The zero-order chi connectivity index (χ0) is 18.4. The Kier molecular flexibility index (Phi) is 8.31. The van der Waals surface area contributed by atoms with Gasteiger partial charge in [-0.3, -0.25) is 0 Å². The van der Waals surface area contributed by atoms with E-state index < -0.39 is 5.97 Å². The van der Waals surface area contributed by atoms with E-state index in [0.717, 1.165) is 19.6 Å². The van der Waals surface area contributed by atoms with Crippen LogP contribution >= 0.6 is 12.4 Å². The molecule has 0 aliphatic rings. The number of halogens is 2. The van der Waals surface area contributed by atoms with E-state index in [0.29, 0.717) is 17.9 Å². The normalized spacial score (nSPS) is 11.3. The highest BCUT2D eigenvalue weighted by molar-refractivity contribution is 5.87. The van der Waals surface area contributed by atoms with Crippen molar-refractivity contribution in [3.63, 3.8) is 0 Å². The summed E-state index contributed by atoms with van der Waals surface area (Å²) in [5.74, 6) is -0.140. The fourth-order valence-corrected chi connectivity index (χ4v) is 2.65. The summed E-state index contributed by atoms with van der Waals surface area (Å²) in [6, 6.07) is 9.19. The lowest BCUT2D eigenvalue weighted by Gasteiger charge is -2.30. The van der Waals surface area contributed by atoms with E-state index in [-0.39, 0.29) is 29.4 Å². The van der Waals surface area contributed by atoms with Crippen LogP contribution in [0.5, 0.6) is 0 Å². The molecular formula is C20H27ClFNO3. The predicted octanol–water partition coefficient (Wildman–Crippen LogP) is 5.03. The molecule has 0 radical (unpaired) electrons. The van der Waals surface area contributed by atoms with Crippen molar-refractivity contribution >= 4 is 18.4 Å². The summed E-state index contributed by atoms with van der Waals surface area (Å²) in [6.45, 7) is 11.5. The van der Waals surface area contributed by atoms with Crippen molar-refractivity contribution < 1.29 is 18.3 Å². The topological polar surface area (TPSA) is 42.7 Å². The number of hydrogen-bond donors (Lipinski definition) is 0. The van der Waals surface area contributed by atoms with Gasteiger partial charge in [0, 0.05) is 17.5 Å². The molecule has 1 aromatic heterocycles. The van der Waals surface area contributed by atoms with Crippen molar-refractivity contribution in [2.75, 3.05) is 26.2 Å². The molecule has 26 heavy (non-hydrogen) atoms. The van der Waals surface area contributed by atoms with Crippen LogP contribution in [0.15, 0.2) is 40.8 Å². The Morgan fingerprint density at radius 1 is 1.12 bits per heavy atom. The van der Waals surface area contributed by atoms with Crippen LogP contribution in [0, 0.1) is 11.2 Å². The Balaban J connectivity index is 0.00000338. The predicted molar refractivity (Wildman–Crippen MR) is 103 cm³/mol. The van der Waals surface area contributed by atoms with Crippen molar-refractivity contribution in [2.24, 2.45) is 5.41 Å². The maximum Gasteiger partial charge on any atom is 0.374 e. The highest BCUT2D eigenvalue weighted by atomic mass is 35.5. The second-order valence-corrected chi connectivity index (χ2v) is 6.87. The molecule has 0 saturated carbocycles. The lowest BCUT2D eigenvalue weighted by Crippen LogP contribution is -2.37. The van der Waals surface area contributed by atoms with Crippen molar-refractivity contribution in [3.8, 4) is 11.3 Å². The molecule has 0 amide bonds. The van der Waals surface area contributed by atoms with Gasteiger partial charge in [0.05, 0.1) is 6.61 Å². The SMILES string of the molecule is CCN(CC)CC(C)(C)COC(=O)c1ccc(-c2ccc(F)cc2)o1.Cl. The quantitative estimate of drug-likeness (QED) is 0.599. The Bertz CT molecular complexity index is 693. The molecule has 2 rings (SSSR count). The fourth-order valence-electron chi connectivity index (χ4n) is 2.65. The fraction of sp³-hybridized carbons (Fsp3) is 0.450. The van der Waals surface area contributed by atoms with E-state index in [9.17, 15) is 9.18 Å². The molecule has 0 aliphatic heterocycles. The van der Waals surface area contributed by atoms with Gasteiger partial charge in [-0.25, -0.2) is 9.18 Å². The first-order valence-corrected chi connectivity index (χ1v) is 8.60. The zero-order valence-electron chi connectivity index (χ0n) is 15.8. The second-order valence-electron chi connectivity index (χ2n) is 6.87. The zero-order valence-corrected chi connectivity index (χ0v) is 16.6. The van der Waals surface area contributed by atoms with Crippen molar-refractivity contribution in [2.45, 2.75) is 27.7 Å². The first-order valence-electron chi connectivity index (χ1n) is 8.60. The van der Waals surface area contributed by atoms with E-state index in [4.69, 9.17) is 9.15 Å². The van der Waals surface area contributed by atoms with E-state index in [1.165, 1.54) is 12.1 Å². The second kappa shape index (κ2) is 9.74. The number of nitrogens with zero attached hydrogens (tertiary/aromatic N) is 1. The molecule has 144 valence electrons. The Labute approximate surface area is 160 Å². The summed E-state index contributed by atoms with van der Waals surface area (Å²) >= 11 is 0. The summed E-state index contributed by atoms with van der Waals surface area (Å²) in [7, 11) is 0. The minimum absolute atomic E-state index is 0. The highest BCUT2D eigenvalue weighted by Gasteiger charge is 2.24. The minimum Gasteiger partial charge on any atom is -0.459 e. The molecule has 1 heterocycles. The largest absolute Gasteiger partial charge is 0.459 e. The summed E-state index contributed by atoms with van der Waals surface area (Å²) in [4.78, 5) is 14.5. The molecule has 0 bridgehead atoms. The van der Waals surface area contributed by atoms with Gasteiger partial charge in [0.15, 0.2) is 0 Å². The Morgan fingerprint density at radius 3 is 2.31 bits per heavy atom. The summed E-state index contributed by atoms with van der Waals surface area (Å²) in [5.41, 5.74) is 0.566. The number of carbonyl (C=O) groups excluding carboxylic acids is 1. The van der Waals surface area contributed by atoms with Gasteiger partial charge in [-0.15, -0.1) is 12.4 Å². The van der Waals surface area contributed by atoms with E-state index in [1.54, 1.807) is 24.3 Å². The monoisotopic (exact) mass is 383 g/mol. The summed E-state index contributed by atoms with van der Waals surface area (Å²) in [5, 5.41) is 0. The first kappa shape index (κ1) is 22.2. The molecule has 0 N–H and O–H groups in total. The number of rotatable bonds is 8. The lowest BCUT2D eigenvalue weighted by molar-refractivity contribution is 0.0243. The third-order valence-corrected chi connectivity index (χ3v) is 4.08. The Hall–Kier alpha value is -1.85. The number of ether oxygens (including phenoxy) is 1. The maximum absolute atomic E-state index is 13.0. The molecule has 0 atom stereocenters. The van der Waals surface area contributed by atoms with Gasteiger partial charge in [0.25, 0.3) is 0 Å². The van der Waals surface area contributed by atoms with Crippen molar-refractivity contribution in [1.29, 1.82) is 0 Å². The van der Waals surface area contributed by atoms with E-state index in [2.05, 4.69) is 32.6 Å². The van der Waals surface area contributed by atoms with Crippen LogP contribution < -0.4 is 0 Å². The number of esters is 1. The molecule has 0 spiro atoms. The highest BCUT2D eigenvalue weighted by Crippen LogP contribution is 2.24. The minimum atomic E-state index is -0.485. The van der Waals surface area contributed by atoms with Gasteiger partial charge in [-0.1, -0.05) is 27.7 Å². The van der Waals surface area contributed by atoms with E-state index >= 15 is 0 Å². The Morgan fingerprint density at radius 2 is 1.73 bits per heavy atom. The van der Waals surface area contributed by atoms with Gasteiger partial charge in [0.1, 0.15) is 11.6 Å².